The monoisotopic (exact) mass is 392 g/mol. The molecule has 0 saturated carbocycles. The fraction of sp³-hybridized carbons (Fsp3) is 0.318. The summed E-state index contributed by atoms with van der Waals surface area (Å²) in [5.41, 5.74) is 2.20. The molecule has 5 rings (SSSR count). The quantitative estimate of drug-likeness (QED) is 0.674. The van der Waals surface area contributed by atoms with E-state index < -0.39 is 0 Å². The number of aromatic nitrogens is 2. The van der Waals surface area contributed by atoms with Gasteiger partial charge in [-0.1, -0.05) is 12.1 Å². The average Bonchev–Trinajstić information content (AvgIpc) is 3.40. The van der Waals surface area contributed by atoms with Crippen molar-refractivity contribution in [3.8, 4) is 0 Å². The van der Waals surface area contributed by atoms with Crippen LogP contribution in [0.1, 0.15) is 28.9 Å². The molecule has 6 nitrogen and oxygen atoms in total. The first-order valence-corrected chi connectivity index (χ1v) is 9.76. The maximum Gasteiger partial charge on any atom is 0.255 e. The maximum absolute atomic E-state index is 13.8. The van der Waals surface area contributed by atoms with Gasteiger partial charge in [0.1, 0.15) is 11.5 Å². The Kier molecular flexibility index (Phi) is 4.12. The first-order chi connectivity index (χ1) is 14.0. The van der Waals surface area contributed by atoms with Crippen LogP contribution in [0.5, 0.6) is 0 Å². The van der Waals surface area contributed by atoms with Crippen LogP contribution in [0.25, 0.3) is 5.65 Å². The molecule has 1 aromatic carbocycles. The van der Waals surface area contributed by atoms with Crippen molar-refractivity contribution in [3.63, 3.8) is 0 Å². The number of imidazole rings is 1. The van der Waals surface area contributed by atoms with E-state index >= 15 is 0 Å². The minimum absolute atomic E-state index is 0.0166. The molecule has 0 radical (unpaired) electrons. The van der Waals surface area contributed by atoms with Crippen LogP contribution in [0.15, 0.2) is 55.0 Å². The molecule has 2 aliphatic rings. The normalized spacial score (nSPS) is 23.6. The predicted molar refractivity (Wildman–Crippen MR) is 105 cm³/mol. The van der Waals surface area contributed by atoms with E-state index in [1.807, 2.05) is 32.5 Å². The Morgan fingerprint density at radius 2 is 2.00 bits per heavy atom. The highest BCUT2D eigenvalue weighted by atomic mass is 19.1. The molecule has 4 heterocycles. The molecule has 0 unspecified atom stereocenters. The summed E-state index contributed by atoms with van der Waals surface area (Å²) < 4.78 is 15.7. The molecule has 0 aliphatic carbocycles. The van der Waals surface area contributed by atoms with Gasteiger partial charge in [0.05, 0.1) is 11.6 Å². The van der Waals surface area contributed by atoms with Crippen LogP contribution < -0.4 is 0 Å². The number of likely N-dealkylation sites (tertiary alicyclic amines) is 2. The molecule has 2 aliphatic heterocycles. The molecule has 2 aromatic heterocycles. The largest absolute Gasteiger partial charge is 0.338 e. The van der Waals surface area contributed by atoms with Crippen molar-refractivity contribution in [2.75, 3.05) is 19.6 Å². The van der Waals surface area contributed by atoms with Crippen LogP contribution in [0.4, 0.5) is 4.39 Å². The summed E-state index contributed by atoms with van der Waals surface area (Å²) in [7, 11) is 0. The number of carbonyl (C=O) groups excluding carboxylic acids is 2. The number of amides is 2. The lowest BCUT2D eigenvalue weighted by Crippen LogP contribution is -2.36. The number of fused-ring (bicyclic) bond motifs is 2. The SMILES string of the molecule is CC(=O)N1C[C@H]2CN(C(=O)c3ccc4nccn4c3)C[C@H]2[C@H]1c1cccc(F)c1. The Balaban J connectivity index is 1.42. The van der Waals surface area contributed by atoms with Crippen molar-refractivity contribution in [1.29, 1.82) is 0 Å². The van der Waals surface area contributed by atoms with Crippen LogP contribution in [-0.4, -0.2) is 50.6 Å². The molecule has 2 saturated heterocycles. The highest BCUT2D eigenvalue weighted by Crippen LogP contribution is 2.45. The molecule has 148 valence electrons. The zero-order chi connectivity index (χ0) is 20.1. The second-order valence-electron chi connectivity index (χ2n) is 7.92. The maximum atomic E-state index is 13.8. The first kappa shape index (κ1) is 17.8. The summed E-state index contributed by atoms with van der Waals surface area (Å²) in [5, 5.41) is 0. The lowest BCUT2D eigenvalue weighted by atomic mass is 9.89. The Bertz CT molecular complexity index is 1110. The summed E-state index contributed by atoms with van der Waals surface area (Å²) in [4.78, 5) is 33.2. The van der Waals surface area contributed by atoms with Crippen LogP contribution in [0.3, 0.4) is 0 Å². The summed E-state index contributed by atoms with van der Waals surface area (Å²) >= 11 is 0. The highest BCUT2D eigenvalue weighted by Gasteiger charge is 2.49. The van der Waals surface area contributed by atoms with Crippen molar-refractivity contribution in [3.05, 3.63) is 71.9 Å². The molecular formula is C22H21FN4O2. The van der Waals surface area contributed by atoms with E-state index in [0.717, 1.165) is 11.2 Å². The first-order valence-electron chi connectivity index (χ1n) is 9.76. The van der Waals surface area contributed by atoms with Gasteiger partial charge in [0, 0.05) is 57.0 Å². The lowest BCUT2D eigenvalue weighted by molar-refractivity contribution is -0.130. The molecule has 29 heavy (non-hydrogen) atoms. The van der Waals surface area contributed by atoms with Crippen molar-refractivity contribution in [1.82, 2.24) is 19.2 Å². The third-order valence-electron chi connectivity index (χ3n) is 6.18. The van der Waals surface area contributed by atoms with E-state index in [1.165, 1.54) is 12.1 Å². The lowest BCUT2D eigenvalue weighted by Gasteiger charge is -2.29. The summed E-state index contributed by atoms with van der Waals surface area (Å²) in [6, 6.07) is 9.87. The number of hydrogen-bond acceptors (Lipinski definition) is 3. The molecule has 3 aromatic rings. The molecular weight excluding hydrogens is 371 g/mol. The van der Waals surface area contributed by atoms with E-state index in [1.54, 1.807) is 31.5 Å². The molecule has 2 fully saturated rings. The second kappa shape index (κ2) is 6.69. The average molecular weight is 392 g/mol. The molecule has 0 N–H and O–H groups in total. The Hall–Kier alpha value is -3.22. The van der Waals surface area contributed by atoms with Gasteiger partial charge < -0.3 is 14.2 Å². The van der Waals surface area contributed by atoms with E-state index in [0.29, 0.717) is 25.2 Å². The Morgan fingerprint density at radius 1 is 1.14 bits per heavy atom. The Labute approximate surface area is 167 Å². The zero-order valence-corrected chi connectivity index (χ0v) is 16.0. The van der Waals surface area contributed by atoms with Gasteiger partial charge in [-0.15, -0.1) is 0 Å². The van der Waals surface area contributed by atoms with Crippen molar-refractivity contribution < 1.29 is 14.0 Å². The van der Waals surface area contributed by atoms with Gasteiger partial charge in [-0.05, 0) is 29.8 Å². The predicted octanol–water partition coefficient (Wildman–Crippen LogP) is 2.77. The summed E-state index contributed by atoms with van der Waals surface area (Å²) in [6.07, 6.45) is 5.31. The van der Waals surface area contributed by atoms with E-state index in [9.17, 15) is 14.0 Å². The molecule has 7 heteroatoms. The highest BCUT2D eigenvalue weighted by molar-refractivity contribution is 5.94. The third-order valence-corrected chi connectivity index (χ3v) is 6.18. The summed E-state index contributed by atoms with van der Waals surface area (Å²) in [6.45, 7) is 3.29. The minimum atomic E-state index is -0.311. The van der Waals surface area contributed by atoms with Crippen molar-refractivity contribution in [2.45, 2.75) is 13.0 Å². The number of rotatable bonds is 2. The number of hydrogen-bond donors (Lipinski definition) is 0. The van der Waals surface area contributed by atoms with E-state index in [-0.39, 0.29) is 35.5 Å². The van der Waals surface area contributed by atoms with E-state index in [2.05, 4.69) is 4.98 Å². The smallest absolute Gasteiger partial charge is 0.255 e. The van der Waals surface area contributed by atoms with Gasteiger partial charge in [0.25, 0.3) is 5.91 Å². The van der Waals surface area contributed by atoms with Gasteiger partial charge >= 0.3 is 0 Å². The summed E-state index contributed by atoms with van der Waals surface area (Å²) in [5.74, 6) is -0.0665. The standard InChI is InChI=1S/C22H21FN4O2/c1-14(28)27-12-17-11-26(13-19(17)21(27)15-3-2-4-18(23)9-15)22(29)16-5-6-20-24-7-8-25(20)10-16/h2-10,17,19,21H,11-13H2,1H3/t17-,19-,21-/m1/s1. The zero-order valence-electron chi connectivity index (χ0n) is 16.0. The van der Waals surface area contributed by atoms with Crippen LogP contribution in [-0.2, 0) is 4.79 Å². The van der Waals surface area contributed by atoms with Gasteiger partial charge in [-0.3, -0.25) is 9.59 Å². The number of pyridine rings is 1. The topological polar surface area (TPSA) is 57.9 Å². The van der Waals surface area contributed by atoms with Crippen LogP contribution >= 0.6 is 0 Å². The van der Waals surface area contributed by atoms with Crippen LogP contribution in [0.2, 0.25) is 0 Å². The number of carbonyl (C=O) groups is 2. The Morgan fingerprint density at radius 3 is 2.79 bits per heavy atom. The fourth-order valence-electron chi connectivity index (χ4n) is 4.88. The van der Waals surface area contributed by atoms with Gasteiger partial charge in [0.15, 0.2) is 0 Å². The molecule has 3 atom stereocenters. The number of nitrogens with zero attached hydrogens (tertiary/aromatic N) is 4. The van der Waals surface area contributed by atoms with Gasteiger partial charge in [-0.25, -0.2) is 9.37 Å². The number of halogens is 1. The minimum Gasteiger partial charge on any atom is -0.338 e. The van der Waals surface area contributed by atoms with E-state index in [4.69, 9.17) is 0 Å². The van der Waals surface area contributed by atoms with Gasteiger partial charge in [0.2, 0.25) is 5.91 Å². The molecule has 0 spiro atoms. The third kappa shape index (κ3) is 2.97. The number of benzene rings is 1. The fourth-order valence-corrected chi connectivity index (χ4v) is 4.88. The van der Waals surface area contributed by atoms with Crippen molar-refractivity contribution >= 4 is 17.5 Å². The van der Waals surface area contributed by atoms with Gasteiger partial charge in [-0.2, -0.15) is 0 Å². The van der Waals surface area contributed by atoms with Crippen LogP contribution in [0, 0.1) is 17.7 Å². The molecule has 2 amide bonds. The second-order valence-corrected chi connectivity index (χ2v) is 7.92. The van der Waals surface area contributed by atoms with Crippen molar-refractivity contribution in [2.24, 2.45) is 11.8 Å². The molecule has 0 bridgehead atoms.